The summed E-state index contributed by atoms with van der Waals surface area (Å²) in [5.41, 5.74) is 3.21. The quantitative estimate of drug-likeness (QED) is 0.178. The highest BCUT2D eigenvalue weighted by molar-refractivity contribution is 5.96. The van der Waals surface area contributed by atoms with Crippen molar-refractivity contribution in [3.8, 4) is 5.75 Å². The summed E-state index contributed by atoms with van der Waals surface area (Å²) in [7, 11) is 5.45. The van der Waals surface area contributed by atoms with Crippen LogP contribution >= 0.6 is 0 Å². The molecule has 240 valence electrons. The van der Waals surface area contributed by atoms with Crippen molar-refractivity contribution >= 4 is 40.5 Å². The number of methoxy groups -OCH3 is 1. The topological polar surface area (TPSA) is 139 Å². The first-order valence-corrected chi connectivity index (χ1v) is 15.2. The number of ether oxygens (including phenoxy) is 2. The van der Waals surface area contributed by atoms with Gasteiger partial charge in [0.1, 0.15) is 17.0 Å². The van der Waals surface area contributed by atoms with Gasteiger partial charge in [0.05, 0.1) is 35.2 Å². The molecule has 2 aromatic heterocycles. The Labute approximate surface area is 263 Å². The number of rotatable bonds is 10. The minimum Gasteiger partial charge on any atom is -0.494 e. The minimum atomic E-state index is -0.550. The lowest BCUT2D eigenvalue weighted by Crippen LogP contribution is -2.36. The third-order valence-electron chi connectivity index (χ3n) is 8.39. The van der Waals surface area contributed by atoms with Gasteiger partial charge < -0.3 is 29.5 Å². The van der Waals surface area contributed by atoms with E-state index in [1.807, 2.05) is 35.9 Å². The van der Waals surface area contributed by atoms with Crippen LogP contribution in [0.4, 0.5) is 34.5 Å². The summed E-state index contributed by atoms with van der Waals surface area (Å²) in [6, 6.07) is 7.31. The molecule has 1 N–H and O–H groups in total. The zero-order valence-corrected chi connectivity index (χ0v) is 27.2. The number of carbonyl (C=O) groups is 1. The van der Waals surface area contributed by atoms with E-state index in [1.54, 1.807) is 19.9 Å². The maximum absolute atomic E-state index is 13.2. The average molecular weight is 619 g/mol. The molecule has 0 saturated carbocycles. The Hall–Kier alpha value is -4.52. The van der Waals surface area contributed by atoms with E-state index in [0.29, 0.717) is 42.1 Å². The lowest BCUT2D eigenvalue weighted by Gasteiger charge is -2.27. The largest absolute Gasteiger partial charge is 0.494 e. The lowest BCUT2D eigenvalue weighted by molar-refractivity contribution is -0.384. The molecule has 2 aliphatic heterocycles. The number of fused-ring (bicyclic) bond motifs is 1. The smallest absolute Gasteiger partial charge is 0.343 e. The summed E-state index contributed by atoms with van der Waals surface area (Å²) in [4.78, 5) is 45.2. The summed E-state index contributed by atoms with van der Waals surface area (Å²) in [6.45, 7) is 11.9. The Morgan fingerprint density at radius 1 is 1.27 bits per heavy atom. The molecule has 3 aromatic rings. The second-order valence-corrected chi connectivity index (χ2v) is 12.8. The molecule has 1 fully saturated rings. The zero-order chi connectivity index (χ0) is 32.6. The second kappa shape index (κ2) is 12.5. The summed E-state index contributed by atoms with van der Waals surface area (Å²) < 4.78 is 11.2. The van der Waals surface area contributed by atoms with Crippen LogP contribution in [0.1, 0.15) is 62.3 Å². The van der Waals surface area contributed by atoms with Gasteiger partial charge >= 0.3 is 5.97 Å². The van der Waals surface area contributed by atoms with Crippen LogP contribution in [0.15, 0.2) is 30.5 Å². The molecule has 45 heavy (non-hydrogen) atoms. The van der Waals surface area contributed by atoms with Crippen LogP contribution in [0.25, 0.3) is 0 Å². The Balaban J connectivity index is 1.54. The van der Waals surface area contributed by atoms with Gasteiger partial charge in [0.15, 0.2) is 5.82 Å². The Morgan fingerprint density at radius 3 is 2.67 bits per heavy atom. The third-order valence-corrected chi connectivity index (χ3v) is 8.39. The van der Waals surface area contributed by atoms with E-state index in [-0.39, 0.29) is 28.7 Å². The van der Waals surface area contributed by atoms with Crippen molar-refractivity contribution in [2.45, 2.75) is 65.0 Å². The van der Waals surface area contributed by atoms with E-state index in [2.05, 4.69) is 36.1 Å². The Bertz CT molecular complexity index is 1610. The minimum absolute atomic E-state index is 0.0736. The first-order valence-electron chi connectivity index (χ1n) is 15.2. The van der Waals surface area contributed by atoms with Gasteiger partial charge in [-0.2, -0.15) is 4.98 Å². The predicted molar refractivity (Wildman–Crippen MR) is 173 cm³/mol. The Kier molecular flexibility index (Phi) is 8.83. The van der Waals surface area contributed by atoms with Crippen molar-refractivity contribution in [3.05, 3.63) is 57.5 Å². The molecule has 0 radical (unpaired) electrons. The normalized spacial score (nSPS) is 17.4. The molecule has 0 bridgehead atoms. The number of hydrogen-bond donors (Lipinski definition) is 1. The summed E-state index contributed by atoms with van der Waals surface area (Å²) >= 11 is 0. The van der Waals surface area contributed by atoms with E-state index in [1.165, 1.54) is 19.4 Å². The van der Waals surface area contributed by atoms with Gasteiger partial charge in [-0.15, -0.1) is 0 Å². The maximum atomic E-state index is 13.2. The lowest BCUT2D eigenvalue weighted by atomic mass is 9.91. The summed E-state index contributed by atoms with van der Waals surface area (Å²) in [5, 5.41) is 15.4. The molecule has 13 nitrogen and oxygen atoms in total. The number of aryl methyl sites for hydroxylation is 1. The fraction of sp³-hybridized carbons (Fsp3) is 0.500. The number of esters is 1. The van der Waals surface area contributed by atoms with Gasteiger partial charge in [0.2, 0.25) is 5.95 Å². The molecule has 0 unspecified atom stereocenters. The average Bonchev–Trinajstić information content (AvgIpc) is 3.50. The monoisotopic (exact) mass is 618 g/mol. The number of nitro groups is 1. The first kappa shape index (κ1) is 31.9. The summed E-state index contributed by atoms with van der Waals surface area (Å²) in [6.07, 6.45) is 3.23. The number of hydrogen-bond acceptors (Lipinski definition) is 12. The van der Waals surface area contributed by atoms with Crippen LogP contribution in [0.2, 0.25) is 0 Å². The molecule has 2 aliphatic rings. The first-order chi connectivity index (χ1) is 21.3. The maximum Gasteiger partial charge on any atom is 0.343 e. The van der Waals surface area contributed by atoms with E-state index in [4.69, 9.17) is 19.4 Å². The van der Waals surface area contributed by atoms with Crippen LogP contribution in [0, 0.1) is 17.0 Å². The van der Waals surface area contributed by atoms with Gasteiger partial charge in [0.25, 0.3) is 5.69 Å². The second-order valence-electron chi connectivity index (χ2n) is 12.8. The highest BCUT2D eigenvalue weighted by atomic mass is 16.6. The van der Waals surface area contributed by atoms with Gasteiger partial charge in [0, 0.05) is 55.6 Å². The van der Waals surface area contributed by atoms with Crippen molar-refractivity contribution in [3.63, 3.8) is 0 Å². The van der Waals surface area contributed by atoms with E-state index >= 15 is 0 Å². The van der Waals surface area contributed by atoms with Gasteiger partial charge in [-0.05, 0) is 59.3 Å². The number of nitrogens with one attached hydrogen (secondary N) is 1. The number of likely N-dealkylation sites (tertiary alicyclic amines) is 1. The van der Waals surface area contributed by atoms with Crippen molar-refractivity contribution in [1.82, 2.24) is 19.9 Å². The van der Waals surface area contributed by atoms with E-state index in [9.17, 15) is 14.9 Å². The van der Waals surface area contributed by atoms with Crippen molar-refractivity contribution in [2.75, 3.05) is 56.0 Å². The van der Waals surface area contributed by atoms with Gasteiger partial charge in [-0.25, -0.2) is 9.78 Å². The van der Waals surface area contributed by atoms with Crippen molar-refractivity contribution in [2.24, 2.45) is 0 Å². The van der Waals surface area contributed by atoms with E-state index in [0.717, 1.165) is 36.5 Å². The van der Waals surface area contributed by atoms with E-state index < -0.39 is 10.9 Å². The molecule has 1 atom stereocenters. The molecular weight excluding hydrogens is 576 g/mol. The number of pyridine rings is 1. The standard InChI is InChI=1S/C32H42N8O5/c1-19(2)45-30(41)22-16-33-31(36-29(22)39-18-32(4,5)28-24(39)12-11-20(3)34-28)35-23-14-26(40(42)43)25(15-27(23)44-8)38(7)17-21-10-9-13-37(21)6/h11-12,14-16,19,21H,9-10,13,17-18H2,1-8H3,(H,33,35,36)/t21-/m0/s1. The van der Waals surface area contributed by atoms with Gasteiger partial charge in [-0.3, -0.25) is 15.1 Å². The van der Waals surface area contributed by atoms with Crippen LogP contribution in [0.5, 0.6) is 5.75 Å². The number of carbonyl (C=O) groups excluding carboxylic acids is 1. The third kappa shape index (κ3) is 6.48. The number of benzene rings is 1. The predicted octanol–water partition coefficient (Wildman–Crippen LogP) is 5.37. The molecule has 1 aromatic carbocycles. The van der Waals surface area contributed by atoms with Crippen LogP contribution in [-0.2, 0) is 10.2 Å². The number of likely N-dealkylation sites (N-methyl/N-ethyl adjacent to an activating group) is 2. The molecular formula is C32H42N8O5. The molecule has 0 aliphatic carbocycles. The Morgan fingerprint density at radius 2 is 2.02 bits per heavy atom. The number of anilines is 5. The van der Waals surface area contributed by atoms with Crippen LogP contribution in [0.3, 0.4) is 0 Å². The molecule has 1 saturated heterocycles. The molecule has 13 heteroatoms. The molecule has 5 rings (SSSR count). The molecule has 0 amide bonds. The van der Waals surface area contributed by atoms with Crippen molar-refractivity contribution < 1.29 is 19.2 Å². The highest BCUT2D eigenvalue weighted by Gasteiger charge is 2.40. The fourth-order valence-electron chi connectivity index (χ4n) is 6.09. The van der Waals surface area contributed by atoms with Crippen LogP contribution < -0.4 is 19.9 Å². The highest BCUT2D eigenvalue weighted by Crippen LogP contribution is 2.44. The summed E-state index contributed by atoms with van der Waals surface area (Å²) in [5.74, 6) is 0.328. The number of aromatic nitrogens is 3. The van der Waals surface area contributed by atoms with Crippen molar-refractivity contribution in [1.29, 1.82) is 0 Å². The SMILES string of the molecule is COc1cc(N(C)C[C@@H]2CCCN2C)c([N+](=O)[O-])cc1Nc1ncc(C(=O)OC(C)C)c(N2CC(C)(C)c3nc(C)ccc32)n1. The zero-order valence-electron chi connectivity index (χ0n) is 27.2. The number of nitro benzene ring substituents is 1. The molecule has 4 heterocycles. The van der Waals surface area contributed by atoms with Gasteiger partial charge in [-0.1, -0.05) is 13.8 Å². The number of nitrogens with zero attached hydrogens (tertiary/aromatic N) is 7. The fourth-order valence-corrected chi connectivity index (χ4v) is 6.09. The molecule has 0 spiro atoms. The van der Waals surface area contributed by atoms with Crippen LogP contribution in [-0.4, -0.2) is 83.7 Å².